The predicted molar refractivity (Wildman–Crippen MR) is 73.2 cm³/mol. The molecule has 0 aliphatic heterocycles. The molecule has 0 unspecified atom stereocenters. The highest BCUT2D eigenvalue weighted by Gasteiger charge is 2.08. The topological polar surface area (TPSA) is 68.0 Å². The van der Waals surface area contributed by atoms with E-state index in [9.17, 15) is 4.79 Å². The van der Waals surface area contributed by atoms with E-state index in [1.807, 2.05) is 4.68 Å². The van der Waals surface area contributed by atoms with Crippen LogP contribution in [0, 0.1) is 5.92 Å². The minimum absolute atomic E-state index is 0.249. The number of hydrogen-bond donors (Lipinski definition) is 1. The first-order valence-electron chi connectivity index (χ1n) is 6.64. The molecule has 2 rings (SSSR count). The first-order valence-corrected chi connectivity index (χ1v) is 6.64. The summed E-state index contributed by atoms with van der Waals surface area (Å²) in [6, 6.07) is 4.94. The summed E-state index contributed by atoms with van der Waals surface area (Å²) in [7, 11) is 0. The highest BCUT2D eigenvalue weighted by molar-refractivity contribution is 5.92. The van der Waals surface area contributed by atoms with Gasteiger partial charge in [-0.3, -0.25) is 0 Å². The fraction of sp³-hybridized carbons (Fsp3) is 0.500. The van der Waals surface area contributed by atoms with Gasteiger partial charge in [0.05, 0.1) is 11.1 Å². The molecule has 1 aromatic heterocycles. The summed E-state index contributed by atoms with van der Waals surface area (Å²) in [4.78, 5) is 10.9. The molecule has 1 N–H and O–H groups in total. The van der Waals surface area contributed by atoms with Crippen molar-refractivity contribution in [2.45, 2.75) is 39.7 Å². The second-order valence-electron chi connectivity index (χ2n) is 5.21. The maximum atomic E-state index is 10.9. The number of nitrogens with zero attached hydrogens (tertiary/aromatic N) is 3. The molecule has 1 heterocycles. The fourth-order valence-corrected chi connectivity index (χ4v) is 2.08. The molecule has 0 aliphatic rings. The Morgan fingerprint density at radius 3 is 2.84 bits per heavy atom. The molecule has 2 aromatic rings. The third-order valence-corrected chi connectivity index (χ3v) is 3.16. The molecular formula is C14H19N3O2. The molecule has 0 saturated heterocycles. The Morgan fingerprint density at radius 2 is 2.16 bits per heavy atom. The van der Waals surface area contributed by atoms with Crippen LogP contribution in [0.15, 0.2) is 18.2 Å². The van der Waals surface area contributed by atoms with Crippen molar-refractivity contribution in [3.63, 3.8) is 0 Å². The van der Waals surface area contributed by atoms with Gasteiger partial charge in [0, 0.05) is 6.54 Å². The second kappa shape index (κ2) is 5.82. The van der Waals surface area contributed by atoms with Crippen molar-refractivity contribution in [1.29, 1.82) is 0 Å². The van der Waals surface area contributed by atoms with Crippen molar-refractivity contribution in [2.75, 3.05) is 0 Å². The first-order chi connectivity index (χ1) is 9.08. The normalized spacial score (nSPS) is 11.3. The molecule has 0 radical (unpaired) electrons. The number of carboxylic acid groups (broad SMARTS) is 1. The molecule has 19 heavy (non-hydrogen) atoms. The van der Waals surface area contributed by atoms with Crippen LogP contribution in [-0.4, -0.2) is 26.1 Å². The quantitative estimate of drug-likeness (QED) is 0.812. The molecule has 5 heteroatoms. The SMILES string of the molecule is CC(C)CCCCn1nnc2cc(C(=O)O)ccc21. The lowest BCUT2D eigenvalue weighted by Gasteiger charge is -2.05. The number of carboxylic acids is 1. The first kappa shape index (κ1) is 13.5. The Hall–Kier alpha value is -1.91. The molecule has 102 valence electrons. The van der Waals surface area contributed by atoms with Crippen molar-refractivity contribution in [3.05, 3.63) is 23.8 Å². The van der Waals surface area contributed by atoms with E-state index >= 15 is 0 Å². The summed E-state index contributed by atoms with van der Waals surface area (Å²) >= 11 is 0. The summed E-state index contributed by atoms with van der Waals surface area (Å²) in [6.45, 7) is 5.27. The van der Waals surface area contributed by atoms with Gasteiger partial charge in [0.25, 0.3) is 0 Å². The fourth-order valence-electron chi connectivity index (χ4n) is 2.08. The number of aromatic nitrogens is 3. The van der Waals surface area contributed by atoms with Gasteiger partial charge in [-0.15, -0.1) is 5.10 Å². The standard InChI is InChI=1S/C14H19N3O2/c1-10(2)5-3-4-8-17-13-7-6-11(14(18)19)9-12(13)15-16-17/h6-7,9-10H,3-5,8H2,1-2H3,(H,18,19). The molecule has 0 amide bonds. The van der Waals surface area contributed by atoms with Gasteiger partial charge in [-0.1, -0.05) is 31.9 Å². The molecule has 0 saturated carbocycles. The Balaban J connectivity index is 2.06. The maximum absolute atomic E-state index is 10.9. The van der Waals surface area contributed by atoms with E-state index in [1.165, 1.54) is 12.8 Å². The van der Waals surface area contributed by atoms with Gasteiger partial charge in [-0.25, -0.2) is 9.48 Å². The summed E-state index contributed by atoms with van der Waals surface area (Å²) in [6.07, 6.45) is 3.46. The van der Waals surface area contributed by atoms with E-state index in [0.717, 1.165) is 24.4 Å². The zero-order valence-electron chi connectivity index (χ0n) is 11.3. The minimum atomic E-state index is -0.937. The van der Waals surface area contributed by atoms with E-state index in [-0.39, 0.29) is 5.56 Å². The monoisotopic (exact) mass is 261 g/mol. The van der Waals surface area contributed by atoms with Crippen molar-refractivity contribution in [2.24, 2.45) is 5.92 Å². The highest BCUT2D eigenvalue weighted by Crippen LogP contribution is 2.15. The summed E-state index contributed by atoms with van der Waals surface area (Å²) in [5.41, 5.74) is 1.79. The van der Waals surface area contributed by atoms with Gasteiger partial charge in [-0.05, 0) is 30.5 Å². The number of unbranched alkanes of at least 4 members (excludes halogenated alkanes) is 1. The maximum Gasteiger partial charge on any atom is 0.335 e. The van der Waals surface area contributed by atoms with Crippen LogP contribution in [-0.2, 0) is 6.54 Å². The van der Waals surface area contributed by atoms with E-state index in [4.69, 9.17) is 5.11 Å². The number of carbonyl (C=O) groups is 1. The number of aromatic carboxylic acids is 1. The number of rotatable bonds is 6. The smallest absolute Gasteiger partial charge is 0.335 e. The van der Waals surface area contributed by atoms with Crippen LogP contribution < -0.4 is 0 Å². The lowest BCUT2D eigenvalue weighted by Crippen LogP contribution is -2.01. The lowest BCUT2D eigenvalue weighted by molar-refractivity contribution is 0.0697. The van der Waals surface area contributed by atoms with Crippen molar-refractivity contribution < 1.29 is 9.90 Å². The van der Waals surface area contributed by atoms with Crippen molar-refractivity contribution >= 4 is 17.0 Å². The number of fused-ring (bicyclic) bond motifs is 1. The van der Waals surface area contributed by atoms with Crippen LogP contribution in [0.3, 0.4) is 0 Å². The van der Waals surface area contributed by atoms with Gasteiger partial charge in [0.15, 0.2) is 0 Å². The van der Waals surface area contributed by atoms with Crippen molar-refractivity contribution in [1.82, 2.24) is 15.0 Å². The average molecular weight is 261 g/mol. The number of benzene rings is 1. The summed E-state index contributed by atoms with van der Waals surface area (Å²) < 4.78 is 1.85. The Bertz CT molecular complexity index is 575. The van der Waals surface area contributed by atoms with E-state index < -0.39 is 5.97 Å². The Morgan fingerprint density at radius 1 is 1.37 bits per heavy atom. The van der Waals surface area contributed by atoms with Gasteiger partial charge in [0.1, 0.15) is 5.52 Å². The zero-order valence-corrected chi connectivity index (χ0v) is 11.3. The van der Waals surface area contributed by atoms with Crippen LogP contribution in [0.1, 0.15) is 43.5 Å². The van der Waals surface area contributed by atoms with Crippen LogP contribution in [0.4, 0.5) is 0 Å². The van der Waals surface area contributed by atoms with Crippen LogP contribution >= 0.6 is 0 Å². The Kier molecular flexibility index (Phi) is 4.14. The molecule has 5 nitrogen and oxygen atoms in total. The van der Waals surface area contributed by atoms with Crippen molar-refractivity contribution in [3.8, 4) is 0 Å². The number of hydrogen-bond acceptors (Lipinski definition) is 3. The van der Waals surface area contributed by atoms with Crippen LogP contribution in [0.5, 0.6) is 0 Å². The van der Waals surface area contributed by atoms with E-state index in [2.05, 4.69) is 24.2 Å². The second-order valence-corrected chi connectivity index (χ2v) is 5.21. The summed E-state index contributed by atoms with van der Waals surface area (Å²) in [5, 5.41) is 17.0. The van der Waals surface area contributed by atoms with Gasteiger partial charge in [-0.2, -0.15) is 0 Å². The highest BCUT2D eigenvalue weighted by atomic mass is 16.4. The molecule has 0 atom stereocenters. The molecular weight excluding hydrogens is 242 g/mol. The third-order valence-electron chi connectivity index (χ3n) is 3.16. The summed E-state index contributed by atoms with van der Waals surface area (Å²) in [5.74, 6) is -0.209. The third kappa shape index (κ3) is 3.30. The minimum Gasteiger partial charge on any atom is -0.478 e. The average Bonchev–Trinajstić information content (AvgIpc) is 2.76. The van der Waals surface area contributed by atoms with Gasteiger partial charge >= 0.3 is 5.97 Å². The largest absolute Gasteiger partial charge is 0.478 e. The van der Waals surface area contributed by atoms with Crippen LogP contribution in [0.2, 0.25) is 0 Å². The molecule has 0 aliphatic carbocycles. The molecule has 0 bridgehead atoms. The number of aryl methyl sites for hydroxylation is 1. The van der Waals surface area contributed by atoms with Gasteiger partial charge < -0.3 is 5.11 Å². The zero-order chi connectivity index (χ0) is 13.8. The lowest BCUT2D eigenvalue weighted by atomic mass is 10.1. The Labute approximate surface area is 112 Å². The molecule has 1 aromatic carbocycles. The molecule has 0 spiro atoms. The molecule has 0 fully saturated rings. The van der Waals surface area contributed by atoms with Crippen LogP contribution in [0.25, 0.3) is 11.0 Å². The van der Waals surface area contributed by atoms with E-state index in [1.54, 1.807) is 18.2 Å². The van der Waals surface area contributed by atoms with Gasteiger partial charge in [0.2, 0.25) is 0 Å². The predicted octanol–water partition coefficient (Wildman–Crippen LogP) is 2.96. The van der Waals surface area contributed by atoms with E-state index in [0.29, 0.717) is 5.52 Å².